The number of carbonyl (C=O) groups excluding carboxylic acids is 2. The van der Waals surface area contributed by atoms with E-state index in [0.717, 1.165) is 22.4 Å². The molecule has 1 unspecified atom stereocenters. The molecular weight excluding hydrogens is 422 g/mol. The summed E-state index contributed by atoms with van der Waals surface area (Å²) in [6.45, 7) is 6.08. The van der Waals surface area contributed by atoms with E-state index >= 15 is 0 Å². The number of amides is 2. The lowest BCUT2D eigenvalue weighted by Crippen LogP contribution is -2.43. The molecule has 1 aliphatic heterocycles. The highest BCUT2D eigenvalue weighted by atomic mass is 16.6. The van der Waals surface area contributed by atoms with E-state index in [0.29, 0.717) is 36.3 Å². The van der Waals surface area contributed by atoms with Crippen molar-refractivity contribution >= 4 is 23.3 Å². The maximum absolute atomic E-state index is 13.1. The van der Waals surface area contributed by atoms with Crippen LogP contribution in [0.5, 0.6) is 0 Å². The van der Waals surface area contributed by atoms with Crippen molar-refractivity contribution in [3.8, 4) is 11.3 Å². The number of carbonyl (C=O) groups is 2. The van der Waals surface area contributed by atoms with Crippen LogP contribution in [0.1, 0.15) is 39.9 Å². The summed E-state index contributed by atoms with van der Waals surface area (Å²) in [7, 11) is 0. The average Bonchev–Trinajstić information content (AvgIpc) is 3.42. The minimum atomic E-state index is -0.630. The average molecular weight is 447 g/mol. The summed E-state index contributed by atoms with van der Waals surface area (Å²) in [4.78, 5) is 38.1. The number of hydrogen-bond acceptors (Lipinski definition) is 5. The molecule has 9 nitrogen and oxygen atoms in total. The Kier molecular flexibility index (Phi) is 5.95. The van der Waals surface area contributed by atoms with Crippen LogP contribution in [0, 0.1) is 30.9 Å². The van der Waals surface area contributed by atoms with Crippen molar-refractivity contribution in [3.05, 3.63) is 74.8 Å². The van der Waals surface area contributed by atoms with E-state index in [9.17, 15) is 19.7 Å². The highest BCUT2D eigenvalue weighted by Gasteiger charge is 2.35. The van der Waals surface area contributed by atoms with E-state index in [4.69, 9.17) is 0 Å². The van der Waals surface area contributed by atoms with Crippen LogP contribution in [0.3, 0.4) is 0 Å². The lowest BCUT2D eigenvalue weighted by Gasteiger charge is -2.23. The molecule has 0 saturated carbocycles. The van der Waals surface area contributed by atoms with Crippen molar-refractivity contribution < 1.29 is 14.5 Å². The molecule has 0 radical (unpaired) electrons. The Labute approximate surface area is 191 Å². The second kappa shape index (κ2) is 8.85. The molecule has 0 bridgehead atoms. The number of hydrogen-bond donors (Lipinski definition) is 2. The van der Waals surface area contributed by atoms with E-state index in [-0.39, 0.29) is 17.5 Å². The molecule has 1 atom stereocenters. The van der Waals surface area contributed by atoms with Crippen molar-refractivity contribution in [2.24, 2.45) is 0 Å². The summed E-state index contributed by atoms with van der Waals surface area (Å²) in [5.74, 6) is -0.235. The van der Waals surface area contributed by atoms with Gasteiger partial charge in [0.1, 0.15) is 6.04 Å². The predicted molar refractivity (Wildman–Crippen MR) is 124 cm³/mol. The number of nitrogens with zero attached hydrogens (tertiary/aromatic N) is 3. The molecule has 1 aromatic heterocycles. The second-order valence-corrected chi connectivity index (χ2v) is 8.45. The predicted octanol–water partition coefficient (Wildman–Crippen LogP) is 4.15. The molecule has 170 valence electrons. The maximum Gasteiger partial charge on any atom is 0.272 e. The molecule has 2 N–H and O–H groups in total. The van der Waals surface area contributed by atoms with E-state index in [1.165, 1.54) is 23.1 Å². The van der Waals surface area contributed by atoms with Crippen LogP contribution in [0.25, 0.3) is 11.3 Å². The van der Waals surface area contributed by atoms with Crippen LogP contribution in [-0.2, 0) is 4.79 Å². The van der Waals surface area contributed by atoms with Gasteiger partial charge in [-0.1, -0.05) is 17.2 Å². The molecule has 1 aliphatic rings. The van der Waals surface area contributed by atoms with Gasteiger partial charge in [0.25, 0.3) is 11.6 Å². The SMILES string of the molecule is Cc1cc(C)cc(-c2cc(NC(=O)C3CCCN3C(=O)c3ccc([N+](=O)[O-])c(C)c3)n[nH]2)c1. The third-order valence-electron chi connectivity index (χ3n) is 5.82. The van der Waals surface area contributed by atoms with E-state index in [2.05, 4.69) is 21.6 Å². The molecular formula is C24H25N5O4. The first-order valence-corrected chi connectivity index (χ1v) is 10.7. The first kappa shape index (κ1) is 22.2. The van der Waals surface area contributed by atoms with Crippen LogP contribution < -0.4 is 5.32 Å². The monoisotopic (exact) mass is 447 g/mol. The summed E-state index contributed by atoms with van der Waals surface area (Å²) < 4.78 is 0. The Hall–Kier alpha value is -4.01. The third-order valence-corrected chi connectivity index (χ3v) is 5.82. The quantitative estimate of drug-likeness (QED) is 0.449. The normalized spacial score (nSPS) is 15.5. The number of likely N-dealkylation sites (tertiary alicyclic amines) is 1. The van der Waals surface area contributed by atoms with Gasteiger partial charge in [-0.15, -0.1) is 0 Å². The fraction of sp³-hybridized carbons (Fsp3) is 0.292. The van der Waals surface area contributed by atoms with Crippen molar-refractivity contribution in [2.75, 3.05) is 11.9 Å². The van der Waals surface area contributed by atoms with E-state index in [1.807, 2.05) is 26.0 Å². The van der Waals surface area contributed by atoms with Gasteiger partial charge in [-0.3, -0.25) is 24.8 Å². The Morgan fingerprint density at radius 1 is 1.12 bits per heavy atom. The third kappa shape index (κ3) is 4.62. The Bertz CT molecular complexity index is 1230. The Morgan fingerprint density at radius 3 is 2.52 bits per heavy atom. The van der Waals surface area contributed by atoms with E-state index in [1.54, 1.807) is 13.0 Å². The van der Waals surface area contributed by atoms with Crippen LogP contribution in [0.15, 0.2) is 42.5 Å². The van der Waals surface area contributed by atoms with Gasteiger partial charge in [-0.05, 0) is 57.9 Å². The van der Waals surface area contributed by atoms with Crippen LogP contribution in [0.4, 0.5) is 11.5 Å². The van der Waals surface area contributed by atoms with Gasteiger partial charge < -0.3 is 10.2 Å². The van der Waals surface area contributed by atoms with Crippen molar-refractivity contribution in [1.82, 2.24) is 15.1 Å². The highest BCUT2D eigenvalue weighted by molar-refractivity contribution is 6.01. The topological polar surface area (TPSA) is 121 Å². The van der Waals surface area contributed by atoms with Crippen LogP contribution >= 0.6 is 0 Å². The smallest absolute Gasteiger partial charge is 0.272 e. The number of rotatable bonds is 5. The zero-order valence-corrected chi connectivity index (χ0v) is 18.7. The van der Waals surface area contributed by atoms with Gasteiger partial charge in [0, 0.05) is 35.4 Å². The van der Waals surface area contributed by atoms with Crippen molar-refractivity contribution in [3.63, 3.8) is 0 Å². The molecule has 9 heteroatoms. The maximum atomic E-state index is 13.1. The Balaban J connectivity index is 1.48. The largest absolute Gasteiger partial charge is 0.327 e. The lowest BCUT2D eigenvalue weighted by atomic mass is 10.1. The standard InChI is InChI=1S/C24H25N5O4/c1-14-9-15(2)11-18(10-14)19-13-22(27-26-19)25-23(30)21-5-4-8-28(21)24(31)17-6-7-20(29(32)33)16(3)12-17/h6-7,9-13,21H,4-5,8H2,1-3H3,(H2,25,26,27,30). The van der Waals surface area contributed by atoms with E-state index < -0.39 is 11.0 Å². The number of aryl methyl sites for hydroxylation is 3. The van der Waals surface area contributed by atoms with Crippen LogP contribution in [0.2, 0.25) is 0 Å². The van der Waals surface area contributed by atoms with Crippen molar-refractivity contribution in [2.45, 2.75) is 39.7 Å². The number of anilines is 1. The molecule has 4 rings (SSSR count). The molecule has 3 aromatic rings. The fourth-order valence-electron chi connectivity index (χ4n) is 4.31. The number of H-pyrrole nitrogens is 1. The molecule has 1 fully saturated rings. The zero-order valence-electron chi connectivity index (χ0n) is 18.7. The summed E-state index contributed by atoms with van der Waals surface area (Å²) in [6, 6.07) is 11.6. The molecule has 2 aromatic carbocycles. The fourth-order valence-corrected chi connectivity index (χ4v) is 4.31. The summed E-state index contributed by atoms with van der Waals surface area (Å²) >= 11 is 0. The van der Waals surface area contributed by atoms with Crippen molar-refractivity contribution in [1.29, 1.82) is 0 Å². The zero-order chi connectivity index (χ0) is 23.7. The van der Waals surface area contributed by atoms with Gasteiger partial charge in [0.05, 0.1) is 10.6 Å². The number of aromatic amines is 1. The van der Waals surface area contributed by atoms with Gasteiger partial charge >= 0.3 is 0 Å². The van der Waals surface area contributed by atoms with Gasteiger partial charge in [-0.25, -0.2) is 0 Å². The minimum absolute atomic E-state index is 0.0413. The molecule has 2 heterocycles. The highest BCUT2D eigenvalue weighted by Crippen LogP contribution is 2.26. The first-order chi connectivity index (χ1) is 15.7. The summed E-state index contributed by atoms with van der Waals surface area (Å²) in [6.07, 6.45) is 1.24. The molecule has 2 amide bonds. The number of nitrogens with one attached hydrogen (secondary N) is 2. The summed E-state index contributed by atoms with van der Waals surface area (Å²) in [5.41, 5.74) is 4.72. The number of aromatic nitrogens is 2. The molecule has 1 saturated heterocycles. The van der Waals surface area contributed by atoms with Gasteiger partial charge in [0.2, 0.25) is 5.91 Å². The minimum Gasteiger partial charge on any atom is -0.327 e. The number of nitro groups is 1. The first-order valence-electron chi connectivity index (χ1n) is 10.7. The molecule has 33 heavy (non-hydrogen) atoms. The molecule has 0 aliphatic carbocycles. The van der Waals surface area contributed by atoms with Gasteiger partial charge in [-0.2, -0.15) is 5.10 Å². The van der Waals surface area contributed by atoms with Gasteiger partial charge in [0.15, 0.2) is 5.82 Å². The van der Waals surface area contributed by atoms with Crippen LogP contribution in [-0.4, -0.2) is 44.4 Å². The lowest BCUT2D eigenvalue weighted by molar-refractivity contribution is -0.385. The second-order valence-electron chi connectivity index (χ2n) is 8.45. The molecule has 0 spiro atoms. The summed E-state index contributed by atoms with van der Waals surface area (Å²) in [5, 5.41) is 21.0. The Morgan fingerprint density at radius 2 is 1.85 bits per heavy atom. The number of benzene rings is 2. The number of nitro benzene ring substituents is 1.